The molecule has 24 heavy (non-hydrogen) atoms. The number of benzene rings is 2. The maximum Gasteiger partial charge on any atom is 0.212 e. The van der Waals surface area contributed by atoms with E-state index in [9.17, 15) is 5.26 Å². The van der Waals surface area contributed by atoms with E-state index in [4.69, 9.17) is 4.42 Å². The standard InChI is InChI=1S/C21H17N2O/c1-13-14(2)21-17(11-16(13)18-8-4-5-10-23(18)3)20-15(12-22)7-6-9-19(20)24-21/h4-11H,1-3H3/q+1. The first-order chi connectivity index (χ1) is 11.6. The summed E-state index contributed by atoms with van der Waals surface area (Å²) < 4.78 is 8.18. The maximum absolute atomic E-state index is 9.47. The summed E-state index contributed by atoms with van der Waals surface area (Å²) in [6.45, 7) is 4.20. The molecule has 0 amide bonds. The van der Waals surface area contributed by atoms with Crippen LogP contribution in [0.1, 0.15) is 16.7 Å². The SMILES string of the molecule is Cc1c(-c2cccc[n+]2C)cc2c(oc3cccc(C#N)c32)c1C. The molecule has 0 aliphatic heterocycles. The van der Waals surface area contributed by atoms with Crippen LogP contribution < -0.4 is 4.57 Å². The molecule has 0 atom stereocenters. The number of furan rings is 1. The summed E-state index contributed by atoms with van der Waals surface area (Å²) in [5.41, 5.74) is 6.90. The molecule has 0 spiro atoms. The van der Waals surface area contributed by atoms with Crippen LogP contribution in [0.25, 0.3) is 33.2 Å². The second-order valence-electron chi connectivity index (χ2n) is 6.14. The second-order valence-corrected chi connectivity index (χ2v) is 6.14. The number of aryl methyl sites for hydroxylation is 2. The van der Waals surface area contributed by atoms with Crippen LogP contribution in [-0.4, -0.2) is 0 Å². The Morgan fingerprint density at radius 2 is 1.88 bits per heavy atom. The molecule has 116 valence electrons. The minimum Gasteiger partial charge on any atom is -0.456 e. The molecule has 0 fully saturated rings. The maximum atomic E-state index is 9.47. The van der Waals surface area contributed by atoms with Crippen molar-refractivity contribution in [1.82, 2.24) is 0 Å². The molecule has 0 saturated heterocycles. The monoisotopic (exact) mass is 313 g/mol. The number of pyridine rings is 1. The zero-order chi connectivity index (χ0) is 16.8. The predicted octanol–water partition coefficient (Wildman–Crippen LogP) is 4.57. The van der Waals surface area contributed by atoms with Gasteiger partial charge in [-0.05, 0) is 49.2 Å². The van der Waals surface area contributed by atoms with Crippen molar-refractivity contribution < 1.29 is 8.98 Å². The zero-order valence-corrected chi connectivity index (χ0v) is 13.9. The van der Waals surface area contributed by atoms with Gasteiger partial charge in [0, 0.05) is 22.9 Å². The summed E-state index contributed by atoms with van der Waals surface area (Å²) in [5.74, 6) is 0. The highest BCUT2D eigenvalue weighted by atomic mass is 16.3. The third-order valence-corrected chi connectivity index (χ3v) is 4.80. The lowest BCUT2D eigenvalue weighted by Gasteiger charge is -2.08. The molecule has 2 aromatic carbocycles. The fourth-order valence-corrected chi connectivity index (χ4v) is 3.38. The van der Waals surface area contributed by atoms with Gasteiger partial charge in [0.1, 0.15) is 18.2 Å². The van der Waals surface area contributed by atoms with Gasteiger partial charge in [-0.1, -0.05) is 6.07 Å². The molecule has 0 unspecified atom stereocenters. The van der Waals surface area contributed by atoms with Crippen LogP contribution in [0.4, 0.5) is 0 Å². The highest BCUT2D eigenvalue weighted by Crippen LogP contribution is 2.37. The molecule has 0 N–H and O–H groups in total. The zero-order valence-electron chi connectivity index (χ0n) is 13.9. The number of rotatable bonds is 1. The molecule has 0 aliphatic carbocycles. The number of hydrogen-bond acceptors (Lipinski definition) is 2. The fourth-order valence-electron chi connectivity index (χ4n) is 3.38. The van der Waals surface area contributed by atoms with Crippen LogP contribution in [0.2, 0.25) is 0 Å². The summed E-state index contributed by atoms with van der Waals surface area (Å²) >= 11 is 0. The lowest BCUT2D eigenvalue weighted by atomic mass is 9.95. The molecular formula is C21H17N2O+. The van der Waals surface area contributed by atoms with E-state index in [1.165, 1.54) is 11.1 Å². The summed E-state index contributed by atoms with van der Waals surface area (Å²) in [6.07, 6.45) is 2.04. The van der Waals surface area contributed by atoms with Gasteiger partial charge in [0.2, 0.25) is 5.69 Å². The molecule has 3 nitrogen and oxygen atoms in total. The van der Waals surface area contributed by atoms with E-state index >= 15 is 0 Å². The summed E-state index contributed by atoms with van der Waals surface area (Å²) in [5, 5.41) is 11.4. The van der Waals surface area contributed by atoms with Crippen LogP contribution in [0, 0.1) is 25.2 Å². The smallest absolute Gasteiger partial charge is 0.212 e. The average molecular weight is 313 g/mol. The molecule has 4 rings (SSSR count). The van der Waals surface area contributed by atoms with Gasteiger partial charge in [-0.2, -0.15) is 5.26 Å². The van der Waals surface area contributed by atoms with Gasteiger partial charge in [0.25, 0.3) is 0 Å². The van der Waals surface area contributed by atoms with Gasteiger partial charge in [-0.3, -0.25) is 0 Å². The number of nitrogens with zero attached hydrogens (tertiary/aromatic N) is 2. The van der Waals surface area contributed by atoms with Gasteiger partial charge in [0.05, 0.1) is 17.2 Å². The van der Waals surface area contributed by atoms with Crippen LogP contribution >= 0.6 is 0 Å². The van der Waals surface area contributed by atoms with E-state index in [1.807, 2.05) is 43.6 Å². The lowest BCUT2D eigenvalue weighted by Crippen LogP contribution is -2.30. The molecule has 3 heteroatoms. The molecule has 0 aliphatic rings. The topological polar surface area (TPSA) is 40.8 Å². The lowest BCUT2D eigenvalue weighted by molar-refractivity contribution is -0.660. The summed E-state index contributed by atoms with van der Waals surface area (Å²) in [4.78, 5) is 0. The van der Waals surface area contributed by atoms with E-state index in [1.54, 1.807) is 0 Å². The van der Waals surface area contributed by atoms with Gasteiger partial charge >= 0.3 is 0 Å². The average Bonchev–Trinajstić information content (AvgIpc) is 2.97. The highest BCUT2D eigenvalue weighted by molar-refractivity contribution is 6.10. The van der Waals surface area contributed by atoms with Gasteiger partial charge < -0.3 is 4.42 Å². The van der Waals surface area contributed by atoms with Crippen molar-refractivity contribution in [1.29, 1.82) is 5.26 Å². The van der Waals surface area contributed by atoms with Crippen molar-refractivity contribution >= 4 is 21.9 Å². The minimum absolute atomic E-state index is 0.651. The Bertz CT molecular complexity index is 1150. The van der Waals surface area contributed by atoms with Gasteiger partial charge in [-0.15, -0.1) is 0 Å². The molecule has 4 aromatic rings. The number of hydrogen-bond donors (Lipinski definition) is 0. The molecule has 0 saturated carbocycles. The third kappa shape index (κ3) is 1.93. The van der Waals surface area contributed by atoms with Crippen LogP contribution in [-0.2, 0) is 7.05 Å². The van der Waals surface area contributed by atoms with Crippen molar-refractivity contribution in [3.8, 4) is 17.3 Å². The van der Waals surface area contributed by atoms with Crippen molar-refractivity contribution in [3.63, 3.8) is 0 Å². The van der Waals surface area contributed by atoms with Crippen LogP contribution in [0.15, 0.2) is 53.1 Å². The molecule has 2 heterocycles. The highest BCUT2D eigenvalue weighted by Gasteiger charge is 2.20. The van der Waals surface area contributed by atoms with Crippen molar-refractivity contribution in [2.24, 2.45) is 7.05 Å². The first-order valence-electron chi connectivity index (χ1n) is 7.92. The number of fused-ring (bicyclic) bond motifs is 3. The van der Waals surface area contributed by atoms with Crippen molar-refractivity contribution in [2.45, 2.75) is 13.8 Å². The molecule has 0 bridgehead atoms. The molecule has 2 aromatic heterocycles. The van der Waals surface area contributed by atoms with E-state index in [0.29, 0.717) is 5.56 Å². The Kier molecular flexibility index (Phi) is 3.14. The summed E-state index contributed by atoms with van der Waals surface area (Å²) in [6, 6.07) is 16.2. The van der Waals surface area contributed by atoms with E-state index < -0.39 is 0 Å². The van der Waals surface area contributed by atoms with Gasteiger partial charge in [-0.25, -0.2) is 4.57 Å². The Labute approximate surface area is 140 Å². The first-order valence-corrected chi connectivity index (χ1v) is 7.92. The number of nitriles is 1. The predicted molar refractivity (Wildman–Crippen MR) is 94.5 cm³/mol. The quantitative estimate of drug-likeness (QED) is 0.483. The van der Waals surface area contributed by atoms with E-state index in [-0.39, 0.29) is 0 Å². The van der Waals surface area contributed by atoms with E-state index in [0.717, 1.165) is 33.2 Å². The largest absolute Gasteiger partial charge is 0.456 e. The van der Waals surface area contributed by atoms with Crippen LogP contribution in [0.3, 0.4) is 0 Å². The molecule has 0 radical (unpaired) electrons. The normalized spacial score (nSPS) is 11.1. The number of aromatic nitrogens is 1. The Hall–Kier alpha value is -3.12. The molecular weight excluding hydrogens is 296 g/mol. The fraction of sp³-hybridized carbons (Fsp3) is 0.143. The Morgan fingerprint density at radius 3 is 2.62 bits per heavy atom. The van der Waals surface area contributed by atoms with Crippen molar-refractivity contribution in [3.05, 3.63) is 65.4 Å². The van der Waals surface area contributed by atoms with Crippen molar-refractivity contribution in [2.75, 3.05) is 0 Å². The van der Waals surface area contributed by atoms with Crippen LogP contribution in [0.5, 0.6) is 0 Å². The summed E-state index contributed by atoms with van der Waals surface area (Å²) in [7, 11) is 2.04. The minimum atomic E-state index is 0.651. The van der Waals surface area contributed by atoms with Gasteiger partial charge in [0.15, 0.2) is 6.20 Å². The first kappa shape index (κ1) is 14.5. The third-order valence-electron chi connectivity index (χ3n) is 4.80. The Morgan fingerprint density at radius 1 is 1.04 bits per heavy atom. The Balaban J connectivity index is 2.18. The second kappa shape index (κ2) is 5.21. The van der Waals surface area contributed by atoms with E-state index in [2.05, 4.69) is 36.6 Å².